The van der Waals surface area contributed by atoms with Crippen molar-refractivity contribution >= 4 is 17.4 Å². The van der Waals surface area contributed by atoms with Crippen LogP contribution in [0.4, 0.5) is 5.69 Å². The Balaban J connectivity index is 3.16. The van der Waals surface area contributed by atoms with E-state index in [-0.39, 0.29) is 22.7 Å². The number of ketones is 1. The highest BCUT2D eigenvalue weighted by Crippen LogP contribution is 2.21. The lowest BCUT2D eigenvalue weighted by atomic mass is 10.2. The molecule has 0 aromatic heterocycles. The number of methoxy groups -OCH3 is 1. The molecule has 0 atom stereocenters. The summed E-state index contributed by atoms with van der Waals surface area (Å²) in [6.07, 6.45) is 0. The molecular formula is C13H14N2O4. The van der Waals surface area contributed by atoms with E-state index in [1.165, 1.54) is 27.0 Å². The number of nitrogens with zero attached hydrogens (tertiary/aromatic N) is 2. The number of carbonyl (C=O) groups excluding carboxylic acids is 2. The van der Waals surface area contributed by atoms with E-state index in [2.05, 4.69) is 15.0 Å². The minimum atomic E-state index is -0.552. The van der Waals surface area contributed by atoms with E-state index in [1.807, 2.05) is 0 Å². The number of hydrogen-bond acceptors (Lipinski definition) is 6. The summed E-state index contributed by atoms with van der Waals surface area (Å²) in [7, 11) is 1.26. The molecule has 6 heteroatoms. The first kappa shape index (κ1) is 14.6. The van der Waals surface area contributed by atoms with Crippen LogP contribution in [0.2, 0.25) is 0 Å². The van der Waals surface area contributed by atoms with Crippen LogP contribution in [-0.4, -0.2) is 24.0 Å². The highest BCUT2D eigenvalue weighted by Gasteiger charge is 2.12. The second-order valence-corrected chi connectivity index (χ2v) is 3.70. The molecule has 0 unspecified atom stereocenters. The summed E-state index contributed by atoms with van der Waals surface area (Å²) >= 11 is 0. The number of aliphatic hydroxyl groups excluding tert-OH is 1. The summed E-state index contributed by atoms with van der Waals surface area (Å²) in [6, 6.07) is 6.41. The zero-order valence-corrected chi connectivity index (χ0v) is 10.9. The lowest BCUT2D eigenvalue weighted by Gasteiger charge is -2.02. The van der Waals surface area contributed by atoms with E-state index >= 15 is 0 Å². The minimum Gasteiger partial charge on any atom is -0.510 e. The molecule has 1 aromatic rings. The van der Waals surface area contributed by atoms with Crippen molar-refractivity contribution in [2.24, 2.45) is 10.2 Å². The van der Waals surface area contributed by atoms with Gasteiger partial charge in [0.15, 0.2) is 11.5 Å². The zero-order valence-electron chi connectivity index (χ0n) is 10.9. The van der Waals surface area contributed by atoms with Crippen molar-refractivity contribution < 1.29 is 19.4 Å². The normalized spacial score (nSPS) is 12.2. The first-order valence-corrected chi connectivity index (χ1v) is 5.47. The van der Waals surface area contributed by atoms with E-state index in [4.69, 9.17) is 0 Å². The van der Waals surface area contributed by atoms with Crippen molar-refractivity contribution in [2.45, 2.75) is 13.8 Å². The van der Waals surface area contributed by atoms with Gasteiger partial charge in [0.2, 0.25) is 0 Å². The summed E-state index contributed by atoms with van der Waals surface area (Å²) in [5.74, 6) is -1.20. The number of rotatable bonds is 4. The first-order valence-electron chi connectivity index (χ1n) is 5.47. The van der Waals surface area contributed by atoms with Gasteiger partial charge in [0.1, 0.15) is 11.4 Å². The zero-order chi connectivity index (χ0) is 14.4. The fourth-order valence-corrected chi connectivity index (χ4v) is 1.34. The fraction of sp³-hybridized carbons (Fsp3) is 0.231. The number of esters is 1. The molecule has 0 aliphatic heterocycles. The van der Waals surface area contributed by atoms with Crippen molar-refractivity contribution in [3.63, 3.8) is 0 Å². The molecule has 1 N–H and O–H groups in total. The SMILES string of the molecule is COC(=O)c1ccccc1N=NC(C(C)=O)=C(C)O. The Hall–Kier alpha value is -2.50. The molecule has 0 fully saturated rings. The second-order valence-electron chi connectivity index (χ2n) is 3.70. The van der Waals surface area contributed by atoms with Gasteiger partial charge in [-0.3, -0.25) is 4.79 Å². The molecule has 0 aliphatic carbocycles. The van der Waals surface area contributed by atoms with Crippen LogP contribution >= 0.6 is 0 Å². The first-order chi connectivity index (χ1) is 8.97. The summed E-state index contributed by atoms with van der Waals surface area (Å²) in [4.78, 5) is 22.7. The molecular weight excluding hydrogens is 248 g/mol. The van der Waals surface area contributed by atoms with Crippen molar-refractivity contribution in [1.82, 2.24) is 0 Å². The van der Waals surface area contributed by atoms with Crippen LogP contribution in [0.25, 0.3) is 0 Å². The molecule has 100 valence electrons. The van der Waals surface area contributed by atoms with E-state index < -0.39 is 11.8 Å². The van der Waals surface area contributed by atoms with E-state index in [0.717, 1.165) is 0 Å². The van der Waals surface area contributed by atoms with Gasteiger partial charge in [-0.15, -0.1) is 10.2 Å². The average Bonchev–Trinajstić information content (AvgIpc) is 2.37. The van der Waals surface area contributed by atoms with Crippen LogP contribution in [0.3, 0.4) is 0 Å². The predicted octanol–water partition coefficient (Wildman–Crippen LogP) is 2.94. The van der Waals surface area contributed by atoms with Gasteiger partial charge in [-0.2, -0.15) is 0 Å². The number of allylic oxidation sites excluding steroid dienone is 2. The standard InChI is InChI=1S/C13H14N2O4/c1-8(16)12(9(2)17)15-14-11-7-5-4-6-10(11)13(18)19-3/h4-7,16H,1-3H3. The molecule has 0 radical (unpaired) electrons. The number of azo groups is 1. The summed E-state index contributed by atoms with van der Waals surface area (Å²) in [5, 5.41) is 16.8. The van der Waals surface area contributed by atoms with Crippen molar-refractivity contribution in [3.05, 3.63) is 41.3 Å². The molecule has 1 rings (SSSR count). The maximum atomic E-state index is 11.5. The van der Waals surface area contributed by atoms with Crippen LogP contribution in [0.1, 0.15) is 24.2 Å². The smallest absolute Gasteiger partial charge is 0.340 e. The van der Waals surface area contributed by atoms with Gasteiger partial charge in [-0.25, -0.2) is 4.79 Å². The Bertz CT molecular complexity index is 558. The number of hydrogen-bond donors (Lipinski definition) is 1. The largest absolute Gasteiger partial charge is 0.510 e. The third kappa shape index (κ3) is 3.74. The van der Waals surface area contributed by atoms with Crippen LogP contribution < -0.4 is 0 Å². The van der Waals surface area contributed by atoms with Gasteiger partial charge < -0.3 is 9.84 Å². The van der Waals surface area contributed by atoms with Crippen LogP contribution in [0.5, 0.6) is 0 Å². The molecule has 0 aliphatic rings. The number of ether oxygens (including phenoxy) is 1. The van der Waals surface area contributed by atoms with Gasteiger partial charge in [-0.05, 0) is 19.1 Å². The quantitative estimate of drug-likeness (QED) is 0.391. The average molecular weight is 262 g/mol. The molecule has 0 spiro atoms. The molecule has 0 heterocycles. The van der Waals surface area contributed by atoms with E-state index in [9.17, 15) is 14.7 Å². The van der Waals surface area contributed by atoms with Gasteiger partial charge in [0, 0.05) is 6.92 Å². The van der Waals surface area contributed by atoms with Crippen molar-refractivity contribution in [1.29, 1.82) is 0 Å². The Labute approximate surface area is 110 Å². The van der Waals surface area contributed by atoms with Crippen molar-refractivity contribution in [3.8, 4) is 0 Å². The lowest BCUT2D eigenvalue weighted by Crippen LogP contribution is -2.01. The number of carbonyl (C=O) groups is 2. The molecule has 0 bridgehead atoms. The number of Topliss-reactive ketones (excluding diaryl/α,β-unsaturated/α-hetero) is 1. The van der Waals surface area contributed by atoms with E-state index in [1.54, 1.807) is 18.2 Å². The molecule has 19 heavy (non-hydrogen) atoms. The Morgan fingerprint density at radius 1 is 1.21 bits per heavy atom. The van der Waals surface area contributed by atoms with Crippen molar-refractivity contribution in [2.75, 3.05) is 7.11 Å². The molecule has 0 amide bonds. The van der Waals surface area contributed by atoms with Gasteiger partial charge in [0.25, 0.3) is 0 Å². The van der Waals surface area contributed by atoms with Gasteiger partial charge in [0.05, 0.1) is 12.7 Å². The highest BCUT2D eigenvalue weighted by molar-refractivity contribution is 5.95. The van der Waals surface area contributed by atoms with Gasteiger partial charge in [-0.1, -0.05) is 12.1 Å². The topological polar surface area (TPSA) is 88.3 Å². The third-order valence-electron chi connectivity index (χ3n) is 2.24. The Kier molecular flexibility index (Phi) is 4.93. The molecule has 6 nitrogen and oxygen atoms in total. The van der Waals surface area contributed by atoms with E-state index in [0.29, 0.717) is 0 Å². The number of aliphatic hydroxyl groups is 1. The summed E-state index contributed by atoms with van der Waals surface area (Å²) < 4.78 is 4.61. The Morgan fingerprint density at radius 2 is 1.84 bits per heavy atom. The lowest BCUT2D eigenvalue weighted by molar-refractivity contribution is -0.113. The molecule has 0 saturated heterocycles. The summed E-state index contributed by atoms with van der Waals surface area (Å²) in [6.45, 7) is 2.60. The predicted molar refractivity (Wildman–Crippen MR) is 68.3 cm³/mol. The van der Waals surface area contributed by atoms with Gasteiger partial charge >= 0.3 is 5.97 Å². The highest BCUT2D eigenvalue weighted by atomic mass is 16.5. The maximum Gasteiger partial charge on any atom is 0.340 e. The maximum absolute atomic E-state index is 11.5. The second kappa shape index (κ2) is 6.44. The van der Waals surface area contributed by atoms with Crippen LogP contribution in [0.15, 0.2) is 46.0 Å². The Morgan fingerprint density at radius 3 is 2.37 bits per heavy atom. The van der Waals surface area contributed by atoms with Crippen LogP contribution in [-0.2, 0) is 9.53 Å². The monoisotopic (exact) mass is 262 g/mol. The molecule has 0 saturated carbocycles. The van der Waals surface area contributed by atoms with Crippen LogP contribution in [0, 0.1) is 0 Å². The molecule has 1 aromatic carbocycles. The third-order valence-corrected chi connectivity index (χ3v) is 2.24. The summed E-state index contributed by atoms with van der Waals surface area (Å²) in [5.41, 5.74) is 0.335. The minimum absolute atomic E-state index is 0.153. The fourth-order valence-electron chi connectivity index (χ4n) is 1.34. The number of benzene rings is 1.